The number of rotatable bonds is 2. The Balaban J connectivity index is 2.12. The molecule has 0 aliphatic heterocycles. The second kappa shape index (κ2) is 4.30. The van der Waals surface area contributed by atoms with Crippen LogP contribution in [0.4, 0.5) is 0 Å². The number of esters is 1. The van der Waals surface area contributed by atoms with Gasteiger partial charge in [0.1, 0.15) is 0 Å². The molecule has 2 nitrogen and oxygen atoms in total. The van der Waals surface area contributed by atoms with Crippen molar-refractivity contribution in [2.75, 3.05) is 0 Å². The van der Waals surface area contributed by atoms with Gasteiger partial charge in [0, 0.05) is 17.5 Å². The van der Waals surface area contributed by atoms with Gasteiger partial charge >= 0.3 is 5.97 Å². The fourth-order valence-electron chi connectivity index (χ4n) is 2.45. The smallest absolute Gasteiger partial charge is 0.306 e. The highest BCUT2D eigenvalue weighted by Gasteiger charge is 2.30. The zero-order chi connectivity index (χ0) is 12.5. The largest absolute Gasteiger partial charge is 0.452 e. The van der Waals surface area contributed by atoms with Crippen LogP contribution >= 0.6 is 0 Å². The van der Waals surface area contributed by atoms with Crippen LogP contribution < -0.4 is 0 Å². The summed E-state index contributed by atoms with van der Waals surface area (Å²) in [4.78, 5) is 11.6. The Morgan fingerprint density at radius 3 is 2.00 bits per heavy atom. The number of hydrogen-bond donors (Lipinski definition) is 0. The van der Waals surface area contributed by atoms with Gasteiger partial charge in [-0.1, -0.05) is 55.5 Å². The van der Waals surface area contributed by atoms with Gasteiger partial charge in [-0.25, -0.2) is 0 Å². The number of benzene rings is 2. The van der Waals surface area contributed by atoms with E-state index in [0.29, 0.717) is 6.42 Å². The van der Waals surface area contributed by atoms with Crippen LogP contribution in [0.25, 0.3) is 11.1 Å². The molecular weight excluding hydrogens is 224 g/mol. The third-order valence-electron chi connectivity index (χ3n) is 3.31. The van der Waals surface area contributed by atoms with E-state index in [2.05, 4.69) is 12.1 Å². The molecule has 0 bridgehead atoms. The Hall–Kier alpha value is -2.09. The van der Waals surface area contributed by atoms with Crippen molar-refractivity contribution in [3.05, 3.63) is 59.7 Å². The van der Waals surface area contributed by atoms with Gasteiger partial charge in [0.15, 0.2) is 6.10 Å². The van der Waals surface area contributed by atoms with E-state index >= 15 is 0 Å². The maximum absolute atomic E-state index is 11.6. The SMILES string of the molecule is CCC(=O)OC1c2ccccc2-c2ccccc21. The highest BCUT2D eigenvalue weighted by Crippen LogP contribution is 2.45. The van der Waals surface area contributed by atoms with E-state index in [4.69, 9.17) is 4.74 Å². The summed E-state index contributed by atoms with van der Waals surface area (Å²) in [7, 11) is 0. The molecule has 0 radical (unpaired) electrons. The van der Waals surface area contributed by atoms with Crippen molar-refractivity contribution in [3.8, 4) is 11.1 Å². The van der Waals surface area contributed by atoms with Crippen LogP contribution in [-0.2, 0) is 9.53 Å². The number of hydrogen-bond acceptors (Lipinski definition) is 2. The van der Waals surface area contributed by atoms with E-state index in [1.807, 2.05) is 43.3 Å². The summed E-state index contributed by atoms with van der Waals surface area (Å²) in [5.41, 5.74) is 4.50. The zero-order valence-electron chi connectivity index (χ0n) is 10.2. The Bertz CT molecular complexity index is 556. The number of ether oxygens (including phenoxy) is 1. The summed E-state index contributed by atoms with van der Waals surface area (Å²) in [5.74, 6) is -0.161. The van der Waals surface area contributed by atoms with Gasteiger partial charge in [0.25, 0.3) is 0 Å². The predicted molar refractivity (Wildman–Crippen MR) is 70.1 cm³/mol. The molecule has 0 unspecified atom stereocenters. The first-order valence-electron chi connectivity index (χ1n) is 6.19. The average Bonchev–Trinajstić information content (AvgIpc) is 2.74. The van der Waals surface area contributed by atoms with Gasteiger partial charge in [-0.15, -0.1) is 0 Å². The molecule has 1 aliphatic carbocycles. The summed E-state index contributed by atoms with van der Waals surface area (Å²) < 4.78 is 5.57. The van der Waals surface area contributed by atoms with Crippen LogP contribution in [0.2, 0.25) is 0 Å². The number of carbonyl (C=O) groups is 1. The molecular formula is C16H14O2. The maximum Gasteiger partial charge on any atom is 0.306 e. The lowest BCUT2D eigenvalue weighted by Gasteiger charge is -2.14. The molecule has 0 N–H and O–H groups in total. The first-order chi connectivity index (χ1) is 8.81. The van der Waals surface area contributed by atoms with E-state index in [0.717, 1.165) is 11.1 Å². The van der Waals surface area contributed by atoms with E-state index in [9.17, 15) is 4.79 Å². The molecule has 0 saturated carbocycles. The van der Waals surface area contributed by atoms with Crippen molar-refractivity contribution in [2.45, 2.75) is 19.4 Å². The Kier molecular flexibility index (Phi) is 2.63. The summed E-state index contributed by atoms with van der Waals surface area (Å²) in [5, 5.41) is 0. The summed E-state index contributed by atoms with van der Waals surface area (Å²) in [6.07, 6.45) is 0.158. The minimum Gasteiger partial charge on any atom is -0.452 e. The molecule has 2 aromatic carbocycles. The van der Waals surface area contributed by atoms with Crippen molar-refractivity contribution in [1.82, 2.24) is 0 Å². The normalized spacial score (nSPS) is 12.9. The molecule has 0 aromatic heterocycles. The van der Waals surface area contributed by atoms with Gasteiger partial charge < -0.3 is 4.74 Å². The van der Waals surface area contributed by atoms with E-state index in [-0.39, 0.29) is 12.1 Å². The molecule has 0 atom stereocenters. The van der Waals surface area contributed by atoms with Crippen LogP contribution in [0.3, 0.4) is 0 Å². The highest BCUT2D eigenvalue weighted by atomic mass is 16.5. The van der Waals surface area contributed by atoms with Crippen molar-refractivity contribution in [2.24, 2.45) is 0 Å². The summed E-state index contributed by atoms with van der Waals surface area (Å²) in [6, 6.07) is 16.2. The van der Waals surface area contributed by atoms with Gasteiger partial charge in [0.05, 0.1) is 0 Å². The third kappa shape index (κ3) is 1.61. The first kappa shape index (κ1) is 11.0. The second-order valence-corrected chi connectivity index (χ2v) is 4.40. The topological polar surface area (TPSA) is 26.3 Å². The first-order valence-corrected chi connectivity index (χ1v) is 6.19. The van der Waals surface area contributed by atoms with Crippen LogP contribution in [0.15, 0.2) is 48.5 Å². The molecule has 2 aromatic rings. The van der Waals surface area contributed by atoms with Gasteiger partial charge in [-0.2, -0.15) is 0 Å². The number of carbonyl (C=O) groups excluding carboxylic acids is 1. The van der Waals surface area contributed by atoms with Crippen LogP contribution in [-0.4, -0.2) is 5.97 Å². The van der Waals surface area contributed by atoms with E-state index in [1.165, 1.54) is 11.1 Å². The van der Waals surface area contributed by atoms with E-state index < -0.39 is 0 Å². The van der Waals surface area contributed by atoms with Crippen LogP contribution in [0.5, 0.6) is 0 Å². The Morgan fingerprint density at radius 1 is 1.00 bits per heavy atom. The number of fused-ring (bicyclic) bond motifs is 3. The highest BCUT2D eigenvalue weighted by molar-refractivity contribution is 5.80. The van der Waals surface area contributed by atoms with Gasteiger partial charge in [-0.3, -0.25) is 4.79 Å². The molecule has 0 heterocycles. The van der Waals surface area contributed by atoms with Crippen LogP contribution in [0, 0.1) is 0 Å². The molecule has 3 rings (SSSR count). The monoisotopic (exact) mass is 238 g/mol. The standard InChI is InChI=1S/C16H14O2/c1-2-15(17)18-16-13-9-5-3-7-11(13)12-8-4-6-10-14(12)16/h3-10,16H,2H2,1H3. The molecule has 90 valence electrons. The Labute approximate surface area is 106 Å². The van der Waals surface area contributed by atoms with Crippen molar-refractivity contribution in [3.63, 3.8) is 0 Å². The van der Waals surface area contributed by atoms with Gasteiger partial charge in [0.2, 0.25) is 0 Å². The lowest BCUT2D eigenvalue weighted by molar-refractivity contribution is -0.146. The molecule has 0 amide bonds. The lowest BCUT2D eigenvalue weighted by atomic mass is 10.1. The fourth-order valence-corrected chi connectivity index (χ4v) is 2.45. The molecule has 0 fully saturated rings. The molecule has 0 spiro atoms. The fraction of sp³-hybridized carbons (Fsp3) is 0.188. The molecule has 0 saturated heterocycles. The second-order valence-electron chi connectivity index (χ2n) is 4.40. The van der Waals surface area contributed by atoms with Crippen molar-refractivity contribution in [1.29, 1.82) is 0 Å². The summed E-state index contributed by atoms with van der Waals surface area (Å²) in [6.45, 7) is 1.81. The summed E-state index contributed by atoms with van der Waals surface area (Å²) >= 11 is 0. The van der Waals surface area contributed by atoms with Gasteiger partial charge in [-0.05, 0) is 11.1 Å². The van der Waals surface area contributed by atoms with Crippen LogP contribution in [0.1, 0.15) is 30.6 Å². The predicted octanol–water partition coefficient (Wildman–Crippen LogP) is 3.71. The molecule has 1 aliphatic rings. The minimum atomic E-state index is -0.246. The average molecular weight is 238 g/mol. The van der Waals surface area contributed by atoms with Crippen molar-refractivity contribution < 1.29 is 9.53 Å². The minimum absolute atomic E-state index is 0.161. The third-order valence-corrected chi connectivity index (χ3v) is 3.31. The lowest BCUT2D eigenvalue weighted by Crippen LogP contribution is -2.09. The molecule has 18 heavy (non-hydrogen) atoms. The molecule has 2 heteroatoms. The maximum atomic E-state index is 11.6. The van der Waals surface area contributed by atoms with Crippen molar-refractivity contribution >= 4 is 5.97 Å². The quantitative estimate of drug-likeness (QED) is 0.745. The Morgan fingerprint density at radius 2 is 1.50 bits per heavy atom. The van der Waals surface area contributed by atoms with E-state index in [1.54, 1.807) is 0 Å². The zero-order valence-corrected chi connectivity index (χ0v) is 10.2.